The summed E-state index contributed by atoms with van der Waals surface area (Å²) in [6.45, 7) is 4.69. The van der Waals surface area contributed by atoms with E-state index >= 15 is 0 Å². The van der Waals surface area contributed by atoms with Crippen LogP contribution in [-0.4, -0.2) is 22.3 Å². The molecule has 0 aromatic heterocycles. The molecule has 1 unspecified atom stereocenters. The van der Waals surface area contributed by atoms with Crippen molar-refractivity contribution < 1.29 is 15.0 Å². The summed E-state index contributed by atoms with van der Waals surface area (Å²) < 4.78 is 0. The first-order valence-corrected chi connectivity index (χ1v) is 10.5. The molecule has 0 heterocycles. The number of unbranched alkanes of at least 4 members (excludes halogenated alkanes) is 3. The predicted molar refractivity (Wildman–Crippen MR) is 100 cm³/mol. The molecule has 24 heavy (non-hydrogen) atoms. The molecule has 3 nitrogen and oxygen atoms in total. The smallest absolute Gasteiger partial charge is 0.332 e. The van der Waals surface area contributed by atoms with Gasteiger partial charge in [-0.2, -0.15) is 0 Å². The molecule has 0 aromatic rings. The zero-order valence-electron chi connectivity index (χ0n) is 16.0. The Balaban J connectivity index is 2.09. The van der Waals surface area contributed by atoms with Gasteiger partial charge in [0, 0.05) is 0 Å². The maximum absolute atomic E-state index is 10.6. The Bertz CT molecular complexity index is 329. The summed E-state index contributed by atoms with van der Waals surface area (Å²) in [5.41, 5.74) is 0. The van der Waals surface area contributed by atoms with Crippen LogP contribution < -0.4 is 0 Å². The number of hydrogen-bond acceptors (Lipinski definition) is 2. The highest BCUT2D eigenvalue weighted by molar-refractivity contribution is 5.71. The summed E-state index contributed by atoms with van der Waals surface area (Å²) >= 11 is 0. The Hall–Kier alpha value is -0.570. The first-order chi connectivity index (χ1) is 11.5. The molecule has 0 radical (unpaired) electrons. The number of aliphatic carboxylic acids is 1. The van der Waals surface area contributed by atoms with E-state index in [1.165, 1.54) is 70.6 Å². The van der Waals surface area contributed by atoms with Gasteiger partial charge >= 0.3 is 5.97 Å². The van der Waals surface area contributed by atoms with E-state index in [4.69, 9.17) is 5.11 Å². The summed E-state index contributed by atoms with van der Waals surface area (Å²) in [4.78, 5) is 10.6. The van der Waals surface area contributed by atoms with Crippen LogP contribution in [0.3, 0.4) is 0 Å². The quantitative estimate of drug-likeness (QED) is 0.393. The van der Waals surface area contributed by atoms with Gasteiger partial charge in [-0.1, -0.05) is 97.3 Å². The molecule has 2 N–H and O–H groups in total. The van der Waals surface area contributed by atoms with Crippen LogP contribution in [0.15, 0.2) is 0 Å². The minimum Gasteiger partial charge on any atom is -0.479 e. The average Bonchev–Trinajstić information content (AvgIpc) is 2.99. The lowest BCUT2D eigenvalue weighted by atomic mass is 9.85. The molecular formula is C21H40O3. The summed E-state index contributed by atoms with van der Waals surface area (Å²) in [6.07, 6.45) is 16.2. The topological polar surface area (TPSA) is 57.5 Å². The van der Waals surface area contributed by atoms with Crippen LogP contribution in [0, 0.1) is 17.8 Å². The van der Waals surface area contributed by atoms with E-state index in [9.17, 15) is 9.90 Å². The highest BCUT2D eigenvalue weighted by Crippen LogP contribution is 2.38. The summed E-state index contributed by atoms with van der Waals surface area (Å²) in [6, 6.07) is 0. The Morgan fingerprint density at radius 2 is 1.58 bits per heavy atom. The molecule has 1 rings (SSSR count). The van der Waals surface area contributed by atoms with Crippen LogP contribution in [0.5, 0.6) is 0 Å². The van der Waals surface area contributed by atoms with Gasteiger partial charge in [0.15, 0.2) is 6.10 Å². The number of carboxylic acids is 1. The SMILES string of the molecule is CCCC[C@@H](C)CCC[C@H]1CCC[C@@H]1CCCCCC(O)C(=O)O. The van der Waals surface area contributed by atoms with Crippen molar-refractivity contribution in [3.8, 4) is 0 Å². The van der Waals surface area contributed by atoms with Crippen LogP contribution >= 0.6 is 0 Å². The van der Waals surface area contributed by atoms with Crippen LogP contribution in [0.25, 0.3) is 0 Å². The average molecular weight is 341 g/mol. The fourth-order valence-electron chi connectivity index (χ4n) is 4.34. The van der Waals surface area contributed by atoms with E-state index in [1.807, 2.05) is 0 Å². The normalized spacial score (nSPS) is 23.3. The van der Waals surface area contributed by atoms with Gasteiger partial charge in [-0.05, 0) is 24.2 Å². The number of rotatable bonds is 14. The molecule has 1 aliphatic carbocycles. The number of aliphatic hydroxyl groups excluding tert-OH is 1. The van der Waals surface area contributed by atoms with Gasteiger partial charge in [-0.3, -0.25) is 0 Å². The fraction of sp³-hybridized carbons (Fsp3) is 0.952. The van der Waals surface area contributed by atoms with Gasteiger partial charge < -0.3 is 10.2 Å². The maximum atomic E-state index is 10.6. The van der Waals surface area contributed by atoms with Crippen LogP contribution in [0.2, 0.25) is 0 Å². The van der Waals surface area contributed by atoms with E-state index < -0.39 is 12.1 Å². The molecule has 0 bridgehead atoms. The first kappa shape index (κ1) is 21.5. The van der Waals surface area contributed by atoms with Gasteiger partial charge in [-0.15, -0.1) is 0 Å². The monoisotopic (exact) mass is 340 g/mol. The van der Waals surface area contributed by atoms with Gasteiger partial charge in [0.05, 0.1) is 0 Å². The van der Waals surface area contributed by atoms with Crippen LogP contribution in [0.1, 0.15) is 104 Å². The molecule has 0 spiro atoms. The minimum absolute atomic E-state index is 0.402. The summed E-state index contributed by atoms with van der Waals surface area (Å²) in [5, 5.41) is 17.9. The standard InChI is InChI=1S/C21H40O3/c1-3-4-10-17(2)11-8-13-19-15-9-14-18(19)12-6-5-7-16-20(22)21(23)24/h17-20,22H,3-16H2,1-2H3,(H,23,24)/t17-,18+,19+,20?/m1/s1. The second-order valence-corrected chi connectivity index (χ2v) is 8.12. The zero-order chi connectivity index (χ0) is 17.8. The highest BCUT2D eigenvalue weighted by Gasteiger charge is 2.26. The number of hydrogen-bond donors (Lipinski definition) is 2. The molecule has 142 valence electrons. The molecule has 4 atom stereocenters. The predicted octanol–water partition coefficient (Wildman–Crippen LogP) is 5.80. The van der Waals surface area contributed by atoms with Crippen molar-refractivity contribution in [3.05, 3.63) is 0 Å². The van der Waals surface area contributed by atoms with E-state index in [2.05, 4.69) is 13.8 Å². The zero-order valence-corrected chi connectivity index (χ0v) is 16.0. The van der Waals surface area contributed by atoms with E-state index in [-0.39, 0.29) is 0 Å². The van der Waals surface area contributed by atoms with Crippen molar-refractivity contribution in [1.82, 2.24) is 0 Å². The largest absolute Gasteiger partial charge is 0.479 e. The summed E-state index contributed by atoms with van der Waals surface area (Å²) in [7, 11) is 0. The Morgan fingerprint density at radius 1 is 0.958 bits per heavy atom. The van der Waals surface area contributed by atoms with Crippen LogP contribution in [-0.2, 0) is 4.79 Å². The third kappa shape index (κ3) is 9.05. The maximum Gasteiger partial charge on any atom is 0.332 e. The molecule has 0 aliphatic heterocycles. The number of carboxylic acid groups (broad SMARTS) is 1. The molecule has 3 heteroatoms. The van der Waals surface area contributed by atoms with Crippen molar-refractivity contribution >= 4 is 5.97 Å². The molecular weight excluding hydrogens is 300 g/mol. The molecule has 1 aliphatic rings. The van der Waals surface area contributed by atoms with Crippen molar-refractivity contribution in [2.75, 3.05) is 0 Å². The van der Waals surface area contributed by atoms with Crippen LogP contribution in [0.4, 0.5) is 0 Å². The highest BCUT2D eigenvalue weighted by atomic mass is 16.4. The van der Waals surface area contributed by atoms with Crippen molar-refractivity contribution in [1.29, 1.82) is 0 Å². The van der Waals surface area contributed by atoms with Crippen molar-refractivity contribution in [2.45, 2.75) is 110 Å². The third-order valence-electron chi connectivity index (χ3n) is 5.98. The van der Waals surface area contributed by atoms with Crippen molar-refractivity contribution in [3.63, 3.8) is 0 Å². The second kappa shape index (κ2) is 12.7. The van der Waals surface area contributed by atoms with E-state index in [1.54, 1.807) is 0 Å². The lowest BCUT2D eigenvalue weighted by molar-refractivity contribution is -0.146. The summed E-state index contributed by atoms with van der Waals surface area (Å²) in [5.74, 6) is 1.65. The minimum atomic E-state index is -1.17. The first-order valence-electron chi connectivity index (χ1n) is 10.5. The van der Waals surface area contributed by atoms with E-state index in [0.717, 1.165) is 30.6 Å². The number of aliphatic hydroxyl groups is 1. The van der Waals surface area contributed by atoms with Gasteiger partial charge in [-0.25, -0.2) is 4.79 Å². The number of carbonyl (C=O) groups is 1. The molecule has 0 saturated heterocycles. The van der Waals surface area contributed by atoms with E-state index in [0.29, 0.717) is 6.42 Å². The molecule has 0 aromatic carbocycles. The van der Waals surface area contributed by atoms with Gasteiger partial charge in [0.25, 0.3) is 0 Å². The third-order valence-corrected chi connectivity index (χ3v) is 5.98. The Morgan fingerprint density at radius 3 is 2.21 bits per heavy atom. The van der Waals surface area contributed by atoms with Crippen molar-refractivity contribution in [2.24, 2.45) is 17.8 Å². The lowest BCUT2D eigenvalue weighted by Crippen LogP contribution is -2.18. The van der Waals surface area contributed by atoms with Gasteiger partial charge in [0.1, 0.15) is 0 Å². The fourth-order valence-corrected chi connectivity index (χ4v) is 4.34. The molecule has 0 amide bonds. The van der Waals surface area contributed by atoms with Gasteiger partial charge in [0.2, 0.25) is 0 Å². The molecule has 1 fully saturated rings. The lowest BCUT2D eigenvalue weighted by Gasteiger charge is -2.20. The molecule has 1 saturated carbocycles. The Labute approximate surface area is 149 Å². The Kier molecular flexibility index (Phi) is 11.4. The second-order valence-electron chi connectivity index (χ2n) is 8.12.